The van der Waals surface area contributed by atoms with Crippen LogP contribution in [0.3, 0.4) is 0 Å². The van der Waals surface area contributed by atoms with Crippen molar-refractivity contribution < 1.29 is 9.47 Å². The molecule has 1 unspecified atom stereocenters. The molecule has 0 bridgehead atoms. The predicted octanol–water partition coefficient (Wildman–Crippen LogP) is 1.63. The third-order valence-electron chi connectivity index (χ3n) is 3.59. The van der Waals surface area contributed by atoms with E-state index in [2.05, 4.69) is 11.9 Å². The van der Waals surface area contributed by atoms with Gasteiger partial charge in [-0.25, -0.2) is 0 Å². The van der Waals surface area contributed by atoms with E-state index in [-0.39, 0.29) is 0 Å². The largest absolute Gasteiger partial charge is 0.494 e. The van der Waals surface area contributed by atoms with Gasteiger partial charge in [-0.15, -0.1) is 0 Å². The molecule has 1 aliphatic rings. The van der Waals surface area contributed by atoms with E-state index in [0.29, 0.717) is 12.6 Å². The minimum absolute atomic E-state index is 0.557. The Bertz CT molecular complexity index is 378. The molecule has 0 saturated carbocycles. The molecule has 1 heterocycles. The fourth-order valence-electron chi connectivity index (χ4n) is 2.32. The smallest absolute Gasteiger partial charge is 0.119 e. The number of benzene rings is 1. The second kappa shape index (κ2) is 7.48. The number of likely N-dealkylation sites (N-methyl/N-ethyl adjacent to an activating group) is 1. The lowest BCUT2D eigenvalue weighted by molar-refractivity contribution is 0.154. The molecule has 1 fully saturated rings. The van der Waals surface area contributed by atoms with Crippen LogP contribution in [-0.2, 0) is 11.3 Å². The Labute approximate surface area is 115 Å². The van der Waals surface area contributed by atoms with Crippen LogP contribution in [0.25, 0.3) is 0 Å². The lowest BCUT2D eigenvalue weighted by Gasteiger charge is -2.22. The maximum Gasteiger partial charge on any atom is 0.119 e. The second-order valence-electron chi connectivity index (χ2n) is 5.05. The van der Waals surface area contributed by atoms with E-state index in [1.165, 1.54) is 0 Å². The molecule has 2 rings (SSSR count). The first-order chi connectivity index (χ1) is 9.29. The van der Waals surface area contributed by atoms with E-state index < -0.39 is 0 Å². The molecular formula is C15H24N2O2. The minimum Gasteiger partial charge on any atom is -0.494 e. The Kier molecular flexibility index (Phi) is 5.63. The van der Waals surface area contributed by atoms with Gasteiger partial charge in [0.05, 0.1) is 13.2 Å². The summed E-state index contributed by atoms with van der Waals surface area (Å²) in [5, 5.41) is 0. The number of hydrogen-bond acceptors (Lipinski definition) is 4. The van der Waals surface area contributed by atoms with Gasteiger partial charge < -0.3 is 20.1 Å². The molecule has 0 radical (unpaired) electrons. The Morgan fingerprint density at radius 1 is 1.47 bits per heavy atom. The van der Waals surface area contributed by atoms with Gasteiger partial charge in [0.1, 0.15) is 5.75 Å². The van der Waals surface area contributed by atoms with Crippen LogP contribution in [0.5, 0.6) is 5.75 Å². The third kappa shape index (κ3) is 4.49. The van der Waals surface area contributed by atoms with Crippen molar-refractivity contribution in [3.8, 4) is 5.75 Å². The summed E-state index contributed by atoms with van der Waals surface area (Å²) >= 11 is 0. The molecular weight excluding hydrogens is 240 g/mol. The van der Waals surface area contributed by atoms with E-state index >= 15 is 0 Å². The molecule has 1 aromatic rings. The van der Waals surface area contributed by atoms with Crippen molar-refractivity contribution >= 4 is 0 Å². The number of hydrogen-bond donors (Lipinski definition) is 1. The van der Waals surface area contributed by atoms with Crippen LogP contribution in [-0.4, -0.2) is 44.4 Å². The van der Waals surface area contributed by atoms with Crippen molar-refractivity contribution in [2.24, 2.45) is 5.73 Å². The van der Waals surface area contributed by atoms with Crippen LogP contribution in [0.15, 0.2) is 24.3 Å². The van der Waals surface area contributed by atoms with Crippen LogP contribution < -0.4 is 10.5 Å². The zero-order chi connectivity index (χ0) is 13.5. The van der Waals surface area contributed by atoms with Crippen LogP contribution in [0.4, 0.5) is 0 Å². The highest BCUT2D eigenvalue weighted by Crippen LogP contribution is 2.14. The number of rotatable bonds is 7. The summed E-state index contributed by atoms with van der Waals surface area (Å²) in [4.78, 5) is 2.37. The number of nitrogens with two attached hydrogens (primary N) is 1. The highest BCUT2D eigenvalue weighted by Gasteiger charge is 2.19. The third-order valence-corrected chi connectivity index (χ3v) is 3.59. The fraction of sp³-hybridized carbons (Fsp3) is 0.600. The lowest BCUT2D eigenvalue weighted by atomic mass is 10.2. The molecule has 4 nitrogen and oxygen atoms in total. The van der Waals surface area contributed by atoms with Gasteiger partial charge in [0, 0.05) is 25.7 Å². The van der Waals surface area contributed by atoms with Gasteiger partial charge in [0.2, 0.25) is 0 Å². The number of nitrogens with zero attached hydrogens (tertiary/aromatic N) is 1. The monoisotopic (exact) mass is 264 g/mol. The van der Waals surface area contributed by atoms with Gasteiger partial charge in [-0.2, -0.15) is 0 Å². The van der Waals surface area contributed by atoms with E-state index in [9.17, 15) is 0 Å². The first-order valence-electron chi connectivity index (χ1n) is 6.99. The van der Waals surface area contributed by atoms with Crippen molar-refractivity contribution in [1.29, 1.82) is 0 Å². The van der Waals surface area contributed by atoms with Gasteiger partial charge in [0.25, 0.3) is 0 Å². The molecule has 1 saturated heterocycles. The average molecular weight is 264 g/mol. The molecule has 0 spiro atoms. The SMILES string of the molecule is CN(CCCOc1cccc(CN)c1)C1CCOC1. The molecule has 1 atom stereocenters. The van der Waals surface area contributed by atoms with E-state index in [4.69, 9.17) is 15.2 Å². The maximum absolute atomic E-state index is 5.75. The standard InChI is InChI=1S/C15H24N2O2/c1-17(14-6-9-18-12-14)7-3-8-19-15-5-2-4-13(10-15)11-16/h2,4-5,10,14H,3,6-9,11-12,16H2,1H3. The molecule has 0 aliphatic carbocycles. The van der Waals surface area contributed by atoms with Crippen molar-refractivity contribution in [1.82, 2.24) is 4.90 Å². The van der Waals surface area contributed by atoms with Crippen LogP contribution in [0, 0.1) is 0 Å². The fourth-order valence-corrected chi connectivity index (χ4v) is 2.32. The van der Waals surface area contributed by atoms with Crippen LogP contribution >= 0.6 is 0 Å². The van der Waals surface area contributed by atoms with Gasteiger partial charge in [-0.3, -0.25) is 0 Å². The normalized spacial score (nSPS) is 19.0. The zero-order valence-electron chi connectivity index (χ0n) is 11.7. The quantitative estimate of drug-likeness (QED) is 0.761. The van der Waals surface area contributed by atoms with E-state index in [1.807, 2.05) is 24.3 Å². The van der Waals surface area contributed by atoms with Crippen LogP contribution in [0.1, 0.15) is 18.4 Å². The summed E-state index contributed by atoms with van der Waals surface area (Å²) in [6.07, 6.45) is 2.18. The Balaban J connectivity index is 1.65. The van der Waals surface area contributed by atoms with Crippen molar-refractivity contribution in [3.05, 3.63) is 29.8 Å². The maximum atomic E-state index is 5.75. The first kappa shape index (κ1) is 14.3. The first-order valence-corrected chi connectivity index (χ1v) is 6.99. The number of ether oxygens (including phenoxy) is 2. The highest BCUT2D eigenvalue weighted by molar-refractivity contribution is 5.28. The molecule has 4 heteroatoms. The summed E-state index contributed by atoms with van der Waals surface area (Å²) in [6.45, 7) is 4.12. The van der Waals surface area contributed by atoms with Gasteiger partial charge >= 0.3 is 0 Å². The summed E-state index contributed by atoms with van der Waals surface area (Å²) in [5.41, 5.74) is 6.72. The molecule has 2 N–H and O–H groups in total. The molecule has 1 aliphatic heterocycles. The summed E-state index contributed by atoms with van der Waals surface area (Å²) < 4.78 is 11.1. The Morgan fingerprint density at radius 3 is 3.11 bits per heavy atom. The van der Waals surface area contributed by atoms with Crippen LogP contribution in [0.2, 0.25) is 0 Å². The Morgan fingerprint density at radius 2 is 2.37 bits per heavy atom. The summed E-state index contributed by atoms with van der Waals surface area (Å²) in [7, 11) is 2.16. The van der Waals surface area contributed by atoms with Crippen molar-refractivity contribution in [3.63, 3.8) is 0 Å². The molecule has 106 valence electrons. The molecule has 1 aromatic carbocycles. The van der Waals surface area contributed by atoms with Gasteiger partial charge in [0.15, 0.2) is 0 Å². The zero-order valence-corrected chi connectivity index (χ0v) is 11.7. The molecule has 0 amide bonds. The minimum atomic E-state index is 0.557. The molecule has 19 heavy (non-hydrogen) atoms. The topological polar surface area (TPSA) is 47.7 Å². The summed E-state index contributed by atoms with van der Waals surface area (Å²) in [5.74, 6) is 0.912. The van der Waals surface area contributed by atoms with E-state index in [1.54, 1.807) is 0 Å². The summed E-state index contributed by atoms with van der Waals surface area (Å²) in [6, 6.07) is 8.57. The average Bonchev–Trinajstić information content (AvgIpc) is 2.98. The van der Waals surface area contributed by atoms with Crippen molar-refractivity contribution in [2.45, 2.75) is 25.4 Å². The van der Waals surface area contributed by atoms with E-state index in [0.717, 1.165) is 50.5 Å². The second-order valence-corrected chi connectivity index (χ2v) is 5.05. The lowest BCUT2D eigenvalue weighted by Crippen LogP contribution is -2.33. The highest BCUT2D eigenvalue weighted by atomic mass is 16.5. The van der Waals surface area contributed by atoms with Gasteiger partial charge in [-0.1, -0.05) is 12.1 Å². The Hall–Kier alpha value is -1.10. The predicted molar refractivity (Wildman–Crippen MR) is 76.3 cm³/mol. The molecule has 0 aromatic heterocycles. The van der Waals surface area contributed by atoms with Gasteiger partial charge in [-0.05, 0) is 37.6 Å². The van der Waals surface area contributed by atoms with Crippen molar-refractivity contribution in [2.75, 3.05) is 33.4 Å².